The molecule has 2 atom stereocenters. The van der Waals surface area contributed by atoms with Crippen LogP contribution in [0.2, 0.25) is 0 Å². The monoisotopic (exact) mass is 149 g/mol. The van der Waals surface area contributed by atoms with Crippen molar-refractivity contribution in [3.63, 3.8) is 0 Å². The maximum Gasteiger partial charge on any atom is 0.125 e. The van der Waals surface area contributed by atoms with Gasteiger partial charge >= 0.3 is 0 Å². The highest BCUT2D eigenvalue weighted by atomic mass is 19.1. The minimum absolute atomic E-state index is 0.141. The lowest BCUT2D eigenvalue weighted by Crippen LogP contribution is -1.96. The molecule has 1 aliphatic heterocycles. The molecule has 0 spiro atoms. The average Bonchev–Trinajstić information content (AvgIpc) is 2.63. The molecule has 3 rings (SSSR count). The molecular formula is C9H8FN. The van der Waals surface area contributed by atoms with Gasteiger partial charge in [-0.25, -0.2) is 4.39 Å². The summed E-state index contributed by atoms with van der Waals surface area (Å²) in [6, 6.07) is 5.64. The SMILES string of the molecule is Fc1ccc2c(c1)NC1CC21. The second-order valence-corrected chi connectivity index (χ2v) is 3.32. The Bertz CT molecular complexity index is 321. The highest BCUT2D eigenvalue weighted by Crippen LogP contribution is 2.51. The van der Waals surface area contributed by atoms with Gasteiger partial charge in [0.15, 0.2) is 0 Å². The molecule has 0 aromatic heterocycles. The van der Waals surface area contributed by atoms with E-state index in [0.717, 1.165) is 5.69 Å². The van der Waals surface area contributed by atoms with Crippen molar-refractivity contribution in [1.29, 1.82) is 0 Å². The third-order valence-electron chi connectivity index (χ3n) is 2.55. The summed E-state index contributed by atoms with van der Waals surface area (Å²) in [7, 11) is 0. The predicted octanol–water partition coefficient (Wildman–Crippen LogP) is 2.11. The first-order valence-electron chi connectivity index (χ1n) is 3.90. The highest BCUT2D eigenvalue weighted by Gasteiger charge is 2.44. The summed E-state index contributed by atoms with van der Waals surface area (Å²) in [5.74, 6) is 0.545. The number of anilines is 1. The lowest BCUT2D eigenvalue weighted by Gasteiger charge is -2.02. The van der Waals surface area contributed by atoms with E-state index in [1.165, 1.54) is 12.0 Å². The molecule has 1 nitrogen and oxygen atoms in total. The Hall–Kier alpha value is -1.05. The zero-order valence-corrected chi connectivity index (χ0v) is 5.97. The lowest BCUT2D eigenvalue weighted by atomic mass is 10.1. The van der Waals surface area contributed by atoms with Crippen molar-refractivity contribution in [1.82, 2.24) is 0 Å². The van der Waals surface area contributed by atoms with Gasteiger partial charge in [0.1, 0.15) is 5.82 Å². The second-order valence-electron chi connectivity index (χ2n) is 3.32. The highest BCUT2D eigenvalue weighted by molar-refractivity contribution is 5.63. The minimum atomic E-state index is -0.141. The second kappa shape index (κ2) is 1.58. The van der Waals surface area contributed by atoms with Gasteiger partial charge in [-0.3, -0.25) is 0 Å². The Balaban J connectivity index is 2.18. The van der Waals surface area contributed by atoms with Gasteiger partial charge in [0, 0.05) is 17.6 Å². The maximum absolute atomic E-state index is 12.7. The van der Waals surface area contributed by atoms with Gasteiger partial charge in [-0.05, 0) is 24.1 Å². The lowest BCUT2D eigenvalue weighted by molar-refractivity contribution is 0.628. The van der Waals surface area contributed by atoms with E-state index in [0.29, 0.717) is 12.0 Å². The molecule has 0 bridgehead atoms. The summed E-state index contributed by atoms with van der Waals surface area (Å²) < 4.78 is 12.7. The fraction of sp³-hybridized carbons (Fsp3) is 0.333. The number of rotatable bonds is 0. The van der Waals surface area contributed by atoms with Crippen LogP contribution >= 0.6 is 0 Å². The molecule has 1 heterocycles. The molecular weight excluding hydrogens is 141 g/mol. The third-order valence-corrected chi connectivity index (χ3v) is 2.55. The molecule has 2 aliphatic rings. The molecule has 0 radical (unpaired) electrons. The molecule has 56 valence electrons. The van der Waals surface area contributed by atoms with E-state index in [4.69, 9.17) is 0 Å². The van der Waals surface area contributed by atoms with Crippen LogP contribution in [0.15, 0.2) is 18.2 Å². The van der Waals surface area contributed by atoms with Crippen molar-refractivity contribution in [3.05, 3.63) is 29.6 Å². The topological polar surface area (TPSA) is 12.0 Å². The van der Waals surface area contributed by atoms with Crippen LogP contribution < -0.4 is 5.32 Å². The molecule has 1 aromatic rings. The fourth-order valence-electron chi connectivity index (χ4n) is 1.87. The zero-order chi connectivity index (χ0) is 7.42. The molecule has 1 N–H and O–H groups in total. The van der Waals surface area contributed by atoms with E-state index in [1.807, 2.05) is 6.07 Å². The van der Waals surface area contributed by atoms with E-state index < -0.39 is 0 Å². The fourth-order valence-corrected chi connectivity index (χ4v) is 1.87. The Morgan fingerprint density at radius 1 is 1.45 bits per heavy atom. The van der Waals surface area contributed by atoms with Crippen LogP contribution in [0.3, 0.4) is 0 Å². The number of hydrogen-bond donors (Lipinski definition) is 1. The van der Waals surface area contributed by atoms with Crippen LogP contribution in [0.5, 0.6) is 0 Å². The summed E-state index contributed by atoms with van der Waals surface area (Å²) in [5, 5.41) is 3.27. The number of hydrogen-bond acceptors (Lipinski definition) is 1. The summed E-state index contributed by atoms with van der Waals surface area (Å²) in [5.41, 5.74) is 2.31. The molecule has 1 aliphatic carbocycles. The molecule has 1 aromatic carbocycles. The first kappa shape index (κ1) is 5.58. The van der Waals surface area contributed by atoms with E-state index in [1.54, 1.807) is 12.1 Å². The smallest absolute Gasteiger partial charge is 0.125 e. The van der Waals surface area contributed by atoms with Gasteiger partial charge in [0.2, 0.25) is 0 Å². The summed E-state index contributed by atoms with van der Waals surface area (Å²) in [6.07, 6.45) is 1.23. The van der Waals surface area contributed by atoms with E-state index in [2.05, 4.69) is 5.32 Å². The summed E-state index contributed by atoms with van der Waals surface area (Å²) in [6.45, 7) is 0. The van der Waals surface area contributed by atoms with Crippen LogP contribution in [0, 0.1) is 5.82 Å². The van der Waals surface area contributed by atoms with Gasteiger partial charge in [-0.1, -0.05) is 6.07 Å². The maximum atomic E-state index is 12.7. The number of nitrogens with one attached hydrogen (secondary N) is 1. The van der Waals surface area contributed by atoms with Crippen molar-refractivity contribution in [2.24, 2.45) is 0 Å². The van der Waals surface area contributed by atoms with Crippen molar-refractivity contribution in [3.8, 4) is 0 Å². The minimum Gasteiger partial charge on any atom is -0.381 e. The molecule has 11 heavy (non-hydrogen) atoms. The van der Waals surface area contributed by atoms with Gasteiger partial charge < -0.3 is 5.32 Å². The Morgan fingerprint density at radius 2 is 2.36 bits per heavy atom. The molecule has 0 saturated heterocycles. The van der Waals surface area contributed by atoms with Crippen molar-refractivity contribution >= 4 is 5.69 Å². The summed E-state index contributed by atoms with van der Waals surface area (Å²) >= 11 is 0. The van der Waals surface area contributed by atoms with E-state index in [9.17, 15) is 4.39 Å². The number of benzene rings is 1. The Labute approximate surface area is 64.2 Å². The van der Waals surface area contributed by atoms with Crippen LogP contribution in [0.25, 0.3) is 0 Å². The van der Waals surface area contributed by atoms with Crippen LogP contribution in [-0.2, 0) is 0 Å². The zero-order valence-electron chi connectivity index (χ0n) is 5.97. The molecule has 1 fully saturated rings. The van der Waals surface area contributed by atoms with Gasteiger partial charge in [-0.2, -0.15) is 0 Å². The number of fused-ring (bicyclic) bond motifs is 3. The predicted molar refractivity (Wildman–Crippen MR) is 41.2 cm³/mol. The third kappa shape index (κ3) is 0.642. The van der Waals surface area contributed by atoms with Crippen LogP contribution in [0.1, 0.15) is 17.9 Å². The quantitative estimate of drug-likeness (QED) is 0.595. The first-order valence-corrected chi connectivity index (χ1v) is 3.90. The molecule has 2 heteroatoms. The van der Waals surface area contributed by atoms with Gasteiger partial charge in [-0.15, -0.1) is 0 Å². The molecule has 1 saturated carbocycles. The largest absolute Gasteiger partial charge is 0.381 e. The van der Waals surface area contributed by atoms with Crippen molar-refractivity contribution in [2.45, 2.75) is 18.4 Å². The summed E-state index contributed by atoms with van der Waals surface area (Å²) in [4.78, 5) is 0. The standard InChI is InChI=1S/C9H8FN/c10-5-1-2-6-7-4-9(7)11-8(6)3-5/h1-3,7,9,11H,4H2. The van der Waals surface area contributed by atoms with Crippen LogP contribution in [0.4, 0.5) is 10.1 Å². The Morgan fingerprint density at radius 3 is 3.27 bits per heavy atom. The molecule has 2 unspecified atom stereocenters. The van der Waals surface area contributed by atoms with Gasteiger partial charge in [0.25, 0.3) is 0 Å². The van der Waals surface area contributed by atoms with Crippen molar-refractivity contribution in [2.75, 3.05) is 5.32 Å². The average molecular weight is 149 g/mol. The van der Waals surface area contributed by atoms with Crippen LogP contribution in [-0.4, -0.2) is 6.04 Å². The normalized spacial score (nSPS) is 30.6. The van der Waals surface area contributed by atoms with Crippen molar-refractivity contribution < 1.29 is 4.39 Å². The van der Waals surface area contributed by atoms with E-state index >= 15 is 0 Å². The first-order chi connectivity index (χ1) is 5.34. The van der Waals surface area contributed by atoms with Gasteiger partial charge in [0.05, 0.1) is 0 Å². The Kier molecular flexibility index (Phi) is 0.799. The molecule has 0 amide bonds. The number of halogens is 1. The van der Waals surface area contributed by atoms with E-state index in [-0.39, 0.29) is 5.82 Å².